The van der Waals surface area contributed by atoms with E-state index in [0.29, 0.717) is 14.8 Å². The van der Waals surface area contributed by atoms with E-state index in [2.05, 4.69) is 10.3 Å². The fourth-order valence-electron chi connectivity index (χ4n) is 1.34. The smallest absolute Gasteiger partial charge is 0.304 e. The summed E-state index contributed by atoms with van der Waals surface area (Å²) in [6.45, 7) is 0.241. The van der Waals surface area contributed by atoms with Crippen LogP contribution >= 0.6 is 33.9 Å². The number of hydrogen-bond donors (Lipinski definition) is 2. The maximum absolute atomic E-state index is 12.9. The standard InChI is InChI=1S/C11H8FIN2O2S/c12-6-1-2-8(9(13)3-6)10(16)14-4-7-5-18-11(17)15-7/h1-3,5H,4H2,(H,14,16)(H,15,17). The summed E-state index contributed by atoms with van der Waals surface area (Å²) in [6, 6.07) is 3.97. The number of nitrogens with one attached hydrogen (secondary N) is 2. The van der Waals surface area contributed by atoms with E-state index in [1.807, 2.05) is 22.6 Å². The highest BCUT2D eigenvalue weighted by Gasteiger charge is 2.10. The molecule has 0 unspecified atom stereocenters. The molecule has 94 valence electrons. The van der Waals surface area contributed by atoms with Gasteiger partial charge in [0, 0.05) is 14.6 Å². The molecular weight excluding hydrogens is 370 g/mol. The molecule has 0 spiro atoms. The number of carbonyl (C=O) groups is 1. The molecule has 0 fully saturated rings. The predicted octanol–water partition coefficient (Wildman–Crippen LogP) is 2.11. The topological polar surface area (TPSA) is 62.0 Å². The number of H-pyrrole nitrogens is 1. The highest BCUT2D eigenvalue weighted by molar-refractivity contribution is 14.1. The van der Waals surface area contributed by atoms with E-state index >= 15 is 0 Å². The Morgan fingerprint density at radius 3 is 2.89 bits per heavy atom. The van der Waals surface area contributed by atoms with Gasteiger partial charge in [0.25, 0.3) is 5.91 Å². The Balaban J connectivity index is 2.06. The van der Waals surface area contributed by atoms with Crippen molar-refractivity contribution in [3.05, 3.63) is 53.9 Å². The second-order valence-corrected chi connectivity index (χ2v) is 5.48. The van der Waals surface area contributed by atoms with Crippen LogP contribution in [0.25, 0.3) is 0 Å². The van der Waals surface area contributed by atoms with Gasteiger partial charge in [0.15, 0.2) is 0 Å². The number of halogens is 2. The highest BCUT2D eigenvalue weighted by Crippen LogP contribution is 2.13. The zero-order chi connectivity index (χ0) is 13.1. The summed E-state index contributed by atoms with van der Waals surface area (Å²) in [6.07, 6.45) is 0. The minimum absolute atomic E-state index is 0.157. The number of rotatable bonds is 3. The maximum Gasteiger partial charge on any atom is 0.304 e. The van der Waals surface area contributed by atoms with Gasteiger partial charge in [-0.1, -0.05) is 11.3 Å². The molecule has 7 heteroatoms. The quantitative estimate of drug-likeness (QED) is 0.804. The third-order valence-corrected chi connectivity index (χ3v) is 3.80. The van der Waals surface area contributed by atoms with Crippen molar-refractivity contribution in [1.82, 2.24) is 10.3 Å². The largest absolute Gasteiger partial charge is 0.346 e. The molecular formula is C11H8FIN2O2S. The lowest BCUT2D eigenvalue weighted by Gasteiger charge is -2.05. The normalized spacial score (nSPS) is 10.3. The van der Waals surface area contributed by atoms with Crippen molar-refractivity contribution in [2.45, 2.75) is 6.54 Å². The van der Waals surface area contributed by atoms with Crippen molar-refractivity contribution in [2.75, 3.05) is 0 Å². The Labute approximate surface area is 119 Å². The number of benzene rings is 1. The number of hydrogen-bond acceptors (Lipinski definition) is 3. The minimum Gasteiger partial charge on any atom is -0.346 e. The average molecular weight is 378 g/mol. The Kier molecular flexibility index (Phi) is 4.12. The molecule has 4 nitrogen and oxygen atoms in total. The molecule has 1 heterocycles. The van der Waals surface area contributed by atoms with Crippen LogP contribution in [0, 0.1) is 9.39 Å². The van der Waals surface area contributed by atoms with Crippen LogP contribution in [-0.2, 0) is 6.54 Å². The van der Waals surface area contributed by atoms with Gasteiger partial charge >= 0.3 is 4.87 Å². The lowest BCUT2D eigenvalue weighted by molar-refractivity contribution is 0.0949. The Bertz CT molecular complexity index is 638. The van der Waals surface area contributed by atoms with Crippen molar-refractivity contribution in [3.8, 4) is 0 Å². The van der Waals surface area contributed by atoms with Crippen molar-refractivity contribution in [1.29, 1.82) is 0 Å². The van der Waals surface area contributed by atoms with E-state index in [-0.39, 0.29) is 23.1 Å². The summed E-state index contributed by atoms with van der Waals surface area (Å²) in [5.41, 5.74) is 1.06. The van der Waals surface area contributed by atoms with Crippen molar-refractivity contribution in [2.24, 2.45) is 0 Å². The molecule has 0 aliphatic carbocycles. The van der Waals surface area contributed by atoms with Gasteiger partial charge in [-0.05, 0) is 40.8 Å². The summed E-state index contributed by atoms with van der Waals surface area (Å²) in [4.78, 5) is 25.2. The number of aromatic amines is 1. The highest BCUT2D eigenvalue weighted by atomic mass is 127. The Morgan fingerprint density at radius 1 is 1.50 bits per heavy atom. The summed E-state index contributed by atoms with van der Waals surface area (Å²) >= 11 is 2.95. The van der Waals surface area contributed by atoms with Crippen LogP contribution in [0.3, 0.4) is 0 Å². The first kappa shape index (κ1) is 13.2. The van der Waals surface area contributed by atoms with Crippen molar-refractivity contribution >= 4 is 39.8 Å². The fraction of sp³-hybridized carbons (Fsp3) is 0.0909. The van der Waals surface area contributed by atoms with Crippen LogP contribution in [0.4, 0.5) is 4.39 Å². The summed E-state index contributed by atoms with van der Waals surface area (Å²) in [5, 5.41) is 4.31. The van der Waals surface area contributed by atoms with Crippen molar-refractivity contribution in [3.63, 3.8) is 0 Å². The van der Waals surface area contributed by atoms with Gasteiger partial charge < -0.3 is 10.3 Å². The molecule has 0 aliphatic heterocycles. The number of carbonyl (C=O) groups excluding carboxylic acids is 1. The molecule has 0 radical (unpaired) electrons. The molecule has 1 aromatic heterocycles. The van der Waals surface area contributed by atoms with E-state index in [1.165, 1.54) is 18.2 Å². The Hall–Kier alpha value is -1.22. The molecule has 2 N–H and O–H groups in total. The second kappa shape index (κ2) is 5.61. The van der Waals surface area contributed by atoms with Gasteiger partial charge in [-0.15, -0.1) is 0 Å². The number of aromatic nitrogens is 1. The van der Waals surface area contributed by atoms with Crippen LogP contribution < -0.4 is 10.2 Å². The number of amides is 1. The van der Waals surface area contributed by atoms with Gasteiger partial charge in [-0.2, -0.15) is 0 Å². The van der Waals surface area contributed by atoms with E-state index in [4.69, 9.17) is 0 Å². The monoisotopic (exact) mass is 378 g/mol. The van der Waals surface area contributed by atoms with Crippen LogP contribution in [0.5, 0.6) is 0 Å². The lowest BCUT2D eigenvalue weighted by atomic mass is 10.2. The first-order valence-electron chi connectivity index (χ1n) is 4.96. The molecule has 0 saturated heterocycles. The molecule has 0 aliphatic rings. The van der Waals surface area contributed by atoms with Crippen LogP contribution in [0.2, 0.25) is 0 Å². The third kappa shape index (κ3) is 3.16. The van der Waals surface area contributed by atoms with Crippen LogP contribution in [0.1, 0.15) is 16.1 Å². The third-order valence-electron chi connectivity index (χ3n) is 2.19. The molecule has 0 atom stereocenters. The van der Waals surface area contributed by atoms with Gasteiger partial charge in [-0.25, -0.2) is 4.39 Å². The zero-order valence-corrected chi connectivity index (χ0v) is 12.0. The average Bonchev–Trinajstić information content (AvgIpc) is 2.72. The summed E-state index contributed by atoms with van der Waals surface area (Å²) in [5.74, 6) is -0.676. The first-order chi connectivity index (χ1) is 8.56. The van der Waals surface area contributed by atoms with Gasteiger partial charge in [0.1, 0.15) is 5.82 Å². The molecule has 0 bridgehead atoms. The molecule has 1 aromatic carbocycles. The zero-order valence-electron chi connectivity index (χ0n) is 9.00. The van der Waals surface area contributed by atoms with E-state index in [0.717, 1.165) is 11.3 Å². The molecule has 2 rings (SSSR count). The van der Waals surface area contributed by atoms with Gasteiger partial charge in [0.2, 0.25) is 0 Å². The number of thiazole rings is 1. The van der Waals surface area contributed by atoms with Gasteiger partial charge in [0.05, 0.1) is 12.1 Å². The van der Waals surface area contributed by atoms with Crippen LogP contribution in [-0.4, -0.2) is 10.9 Å². The van der Waals surface area contributed by atoms with Gasteiger partial charge in [-0.3, -0.25) is 9.59 Å². The summed E-state index contributed by atoms with van der Waals surface area (Å²) < 4.78 is 13.4. The SMILES string of the molecule is O=C(NCc1csc(=O)[nH]1)c1ccc(F)cc1I. The molecule has 0 saturated carbocycles. The maximum atomic E-state index is 12.9. The van der Waals surface area contributed by atoms with E-state index in [9.17, 15) is 14.0 Å². The van der Waals surface area contributed by atoms with Crippen LogP contribution in [0.15, 0.2) is 28.4 Å². The lowest BCUT2D eigenvalue weighted by Crippen LogP contribution is -2.24. The minimum atomic E-state index is -0.377. The Morgan fingerprint density at radius 2 is 2.28 bits per heavy atom. The van der Waals surface area contributed by atoms with E-state index in [1.54, 1.807) is 5.38 Å². The first-order valence-corrected chi connectivity index (χ1v) is 6.92. The molecule has 2 aromatic rings. The van der Waals surface area contributed by atoms with E-state index < -0.39 is 0 Å². The second-order valence-electron chi connectivity index (χ2n) is 3.48. The molecule has 1 amide bonds. The summed E-state index contributed by atoms with van der Waals surface area (Å²) in [7, 11) is 0. The predicted molar refractivity (Wildman–Crippen MR) is 75.2 cm³/mol. The van der Waals surface area contributed by atoms with Crippen molar-refractivity contribution < 1.29 is 9.18 Å². The molecule has 18 heavy (non-hydrogen) atoms. The fourth-order valence-corrected chi connectivity index (χ4v) is 2.65.